The molecule has 1 saturated heterocycles. The number of aromatic amines is 1. The second-order valence-corrected chi connectivity index (χ2v) is 7.56. The number of para-hydroxylation sites is 1. The number of aromatic nitrogens is 1. The Kier molecular flexibility index (Phi) is 7.15. The average Bonchev–Trinajstić information content (AvgIpc) is 3.36. The molecule has 30 heavy (non-hydrogen) atoms. The Bertz CT molecular complexity index is 900. The van der Waals surface area contributed by atoms with Gasteiger partial charge >= 0.3 is 5.97 Å². The van der Waals surface area contributed by atoms with E-state index in [1.54, 1.807) is 27.9 Å². The third kappa shape index (κ3) is 4.51. The lowest BCUT2D eigenvalue weighted by Gasteiger charge is -2.29. The van der Waals surface area contributed by atoms with Gasteiger partial charge in [-0.2, -0.15) is 0 Å². The minimum atomic E-state index is -0.410. The molecule has 7 nitrogen and oxygen atoms in total. The fourth-order valence-corrected chi connectivity index (χ4v) is 4.20. The second kappa shape index (κ2) is 9.80. The normalized spacial score (nSPS) is 15.1. The number of ether oxygens (including phenoxy) is 2. The molecular formula is C23H31N3O4. The van der Waals surface area contributed by atoms with Crippen molar-refractivity contribution >= 4 is 11.9 Å². The van der Waals surface area contributed by atoms with Crippen LogP contribution >= 0.6 is 0 Å². The first-order chi connectivity index (χ1) is 14.5. The summed E-state index contributed by atoms with van der Waals surface area (Å²) in [5, 5.41) is 3.06. The van der Waals surface area contributed by atoms with Crippen molar-refractivity contribution in [2.24, 2.45) is 0 Å². The van der Waals surface area contributed by atoms with Crippen LogP contribution in [-0.4, -0.2) is 55.1 Å². The van der Waals surface area contributed by atoms with Gasteiger partial charge in [-0.05, 0) is 58.3 Å². The van der Waals surface area contributed by atoms with Crippen molar-refractivity contribution in [3.8, 4) is 5.75 Å². The number of H-pyrrole nitrogens is 1. The van der Waals surface area contributed by atoms with Gasteiger partial charge in [-0.3, -0.25) is 9.69 Å². The third-order valence-corrected chi connectivity index (χ3v) is 5.68. The lowest BCUT2D eigenvalue weighted by Crippen LogP contribution is -2.37. The van der Waals surface area contributed by atoms with Crippen LogP contribution in [0.5, 0.6) is 5.75 Å². The average molecular weight is 414 g/mol. The second-order valence-electron chi connectivity index (χ2n) is 7.56. The molecule has 2 heterocycles. The van der Waals surface area contributed by atoms with Crippen molar-refractivity contribution in [3.63, 3.8) is 0 Å². The van der Waals surface area contributed by atoms with E-state index < -0.39 is 5.97 Å². The quantitative estimate of drug-likeness (QED) is 0.648. The molecule has 1 aliphatic heterocycles. The molecule has 1 atom stereocenters. The molecule has 0 spiro atoms. The van der Waals surface area contributed by atoms with E-state index in [-0.39, 0.29) is 11.9 Å². The monoisotopic (exact) mass is 413 g/mol. The van der Waals surface area contributed by atoms with Gasteiger partial charge in [0.2, 0.25) is 0 Å². The molecule has 1 amide bonds. The molecule has 0 radical (unpaired) electrons. The van der Waals surface area contributed by atoms with Crippen molar-refractivity contribution in [2.75, 3.05) is 33.4 Å². The van der Waals surface area contributed by atoms with E-state index in [1.807, 2.05) is 18.2 Å². The lowest BCUT2D eigenvalue weighted by molar-refractivity contribution is 0.0525. The maximum atomic E-state index is 13.0. The zero-order valence-electron chi connectivity index (χ0n) is 18.2. The SMILES string of the molecule is CCOC(=O)c1c(C)[nH]c(C(=O)NCC(c2ccccc2OC)N2CCCC2)c1C. The van der Waals surface area contributed by atoms with Gasteiger partial charge in [0.25, 0.3) is 5.91 Å². The van der Waals surface area contributed by atoms with Gasteiger partial charge in [-0.15, -0.1) is 0 Å². The van der Waals surface area contributed by atoms with Gasteiger partial charge in [0.1, 0.15) is 11.4 Å². The highest BCUT2D eigenvalue weighted by Crippen LogP contribution is 2.31. The first kappa shape index (κ1) is 21.9. The molecule has 1 unspecified atom stereocenters. The van der Waals surface area contributed by atoms with Crippen LogP contribution in [0.3, 0.4) is 0 Å². The number of hydrogen-bond donors (Lipinski definition) is 2. The number of esters is 1. The first-order valence-corrected chi connectivity index (χ1v) is 10.5. The predicted octanol–water partition coefficient (Wildman–Crippen LogP) is 3.38. The van der Waals surface area contributed by atoms with Gasteiger partial charge in [-0.1, -0.05) is 18.2 Å². The highest BCUT2D eigenvalue weighted by Gasteiger charge is 2.28. The molecule has 1 aromatic heterocycles. The molecule has 3 rings (SSSR count). The summed E-state index contributed by atoms with van der Waals surface area (Å²) in [5.74, 6) is 0.178. The summed E-state index contributed by atoms with van der Waals surface area (Å²) in [5.41, 5.74) is 3.14. The Morgan fingerprint density at radius 3 is 2.57 bits per heavy atom. The first-order valence-electron chi connectivity index (χ1n) is 10.5. The Labute approximate surface area is 177 Å². The molecule has 0 aliphatic carbocycles. The van der Waals surface area contributed by atoms with Crippen LogP contribution in [0.25, 0.3) is 0 Å². The maximum Gasteiger partial charge on any atom is 0.340 e. The molecular weight excluding hydrogens is 382 g/mol. The molecule has 1 aliphatic rings. The Balaban J connectivity index is 1.80. The molecule has 162 valence electrons. The van der Waals surface area contributed by atoms with Crippen molar-refractivity contribution < 1.29 is 19.1 Å². The third-order valence-electron chi connectivity index (χ3n) is 5.68. The Hall–Kier alpha value is -2.80. The summed E-state index contributed by atoms with van der Waals surface area (Å²) in [6.07, 6.45) is 2.30. The lowest BCUT2D eigenvalue weighted by atomic mass is 10.0. The van der Waals surface area contributed by atoms with Crippen LogP contribution < -0.4 is 10.1 Å². The highest BCUT2D eigenvalue weighted by molar-refractivity contribution is 6.00. The molecule has 2 N–H and O–H groups in total. The Morgan fingerprint density at radius 2 is 1.90 bits per heavy atom. The standard InChI is InChI=1S/C23H31N3O4/c1-5-30-23(28)20-15(2)21(25-16(20)3)22(27)24-14-18(26-12-8-9-13-26)17-10-6-7-11-19(17)29-4/h6-7,10-11,18,25H,5,8-9,12-14H2,1-4H3,(H,24,27). The number of nitrogens with zero attached hydrogens (tertiary/aromatic N) is 1. The van der Waals surface area contributed by atoms with Crippen LogP contribution in [0.4, 0.5) is 0 Å². The van der Waals surface area contributed by atoms with Crippen LogP contribution in [0.15, 0.2) is 24.3 Å². The zero-order chi connectivity index (χ0) is 21.7. The van der Waals surface area contributed by atoms with E-state index in [1.165, 1.54) is 0 Å². The number of carbonyl (C=O) groups is 2. The minimum absolute atomic E-state index is 0.0218. The fourth-order valence-electron chi connectivity index (χ4n) is 4.20. The van der Waals surface area contributed by atoms with Crippen LogP contribution in [0, 0.1) is 13.8 Å². The van der Waals surface area contributed by atoms with Crippen LogP contribution in [0.2, 0.25) is 0 Å². The molecule has 0 bridgehead atoms. The fraction of sp³-hybridized carbons (Fsp3) is 0.478. The number of amides is 1. The predicted molar refractivity (Wildman–Crippen MR) is 115 cm³/mol. The summed E-state index contributed by atoms with van der Waals surface area (Å²) in [4.78, 5) is 30.6. The van der Waals surface area contributed by atoms with E-state index in [0.717, 1.165) is 37.2 Å². The Morgan fingerprint density at radius 1 is 1.20 bits per heavy atom. The van der Waals surface area contributed by atoms with E-state index in [0.29, 0.717) is 35.7 Å². The van der Waals surface area contributed by atoms with Gasteiger partial charge in [-0.25, -0.2) is 4.79 Å². The van der Waals surface area contributed by atoms with E-state index in [9.17, 15) is 9.59 Å². The summed E-state index contributed by atoms with van der Waals surface area (Å²) in [7, 11) is 1.67. The number of carbonyl (C=O) groups excluding carboxylic acids is 2. The molecule has 1 fully saturated rings. The summed E-state index contributed by atoms with van der Waals surface area (Å²) in [6, 6.07) is 7.96. The summed E-state index contributed by atoms with van der Waals surface area (Å²) in [6.45, 7) is 8.03. The molecule has 0 saturated carbocycles. The molecule has 7 heteroatoms. The number of aryl methyl sites for hydroxylation is 1. The maximum absolute atomic E-state index is 13.0. The molecule has 2 aromatic rings. The van der Waals surface area contributed by atoms with Gasteiger partial charge in [0, 0.05) is 17.8 Å². The number of rotatable bonds is 8. The topological polar surface area (TPSA) is 83.7 Å². The van der Waals surface area contributed by atoms with Gasteiger partial charge in [0.15, 0.2) is 0 Å². The van der Waals surface area contributed by atoms with Crippen LogP contribution in [0.1, 0.15) is 63.5 Å². The number of likely N-dealkylation sites (tertiary alicyclic amines) is 1. The van der Waals surface area contributed by atoms with Crippen LogP contribution in [-0.2, 0) is 4.74 Å². The molecule has 1 aromatic carbocycles. The van der Waals surface area contributed by atoms with Crippen molar-refractivity contribution in [3.05, 3.63) is 52.3 Å². The van der Waals surface area contributed by atoms with E-state index in [4.69, 9.17) is 9.47 Å². The van der Waals surface area contributed by atoms with E-state index >= 15 is 0 Å². The largest absolute Gasteiger partial charge is 0.496 e. The number of benzene rings is 1. The van der Waals surface area contributed by atoms with Crippen molar-refractivity contribution in [1.29, 1.82) is 0 Å². The van der Waals surface area contributed by atoms with Gasteiger partial charge in [0.05, 0.1) is 25.3 Å². The number of hydrogen-bond acceptors (Lipinski definition) is 5. The zero-order valence-corrected chi connectivity index (χ0v) is 18.2. The van der Waals surface area contributed by atoms with E-state index in [2.05, 4.69) is 21.3 Å². The number of nitrogens with one attached hydrogen (secondary N) is 2. The minimum Gasteiger partial charge on any atom is -0.496 e. The summed E-state index contributed by atoms with van der Waals surface area (Å²) >= 11 is 0. The van der Waals surface area contributed by atoms with Crippen molar-refractivity contribution in [1.82, 2.24) is 15.2 Å². The number of methoxy groups -OCH3 is 1. The van der Waals surface area contributed by atoms with Crippen molar-refractivity contribution in [2.45, 2.75) is 39.7 Å². The highest BCUT2D eigenvalue weighted by atomic mass is 16.5. The smallest absolute Gasteiger partial charge is 0.340 e. The summed E-state index contributed by atoms with van der Waals surface area (Å²) < 4.78 is 10.7. The van der Waals surface area contributed by atoms with Gasteiger partial charge < -0.3 is 19.8 Å².